The molecule has 0 atom stereocenters. The number of aliphatic hydroxyl groups is 1. The number of rotatable bonds is 4. The van der Waals surface area contributed by atoms with Crippen molar-refractivity contribution in [3.05, 3.63) is 29.3 Å². The zero-order chi connectivity index (χ0) is 14.0. The molecule has 2 N–H and O–H groups in total. The zero-order valence-electron chi connectivity index (χ0n) is 12.3. The zero-order valence-corrected chi connectivity index (χ0v) is 12.3. The first-order valence-electron chi connectivity index (χ1n) is 7.93. The molecule has 3 rings (SSSR count). The lowest BCUT2D eigenvalue weighted by molar-refractivity contribution is -0.00832. The molecular weight excluding hydrogens is 250 g/mol. The van der Waals surface area contributed by atoms with Gasteiger partial charge in [-0.15, -0.1) is 0 Å². The van der Waals surface area contributed by atoms with E-state index in [0.29, 0.717) is 6.04 Å². The molecule has 1 aromatic carbocycles. The minimum absolute atomic E-state index is 0.577. The molecule has 0 spiro atoms. The fraction of sp³-hybridized carbons (Fsp3) is 0.647. The van der Waals surface area contributed by atoms with Gasteiger partial charge in [0.25, 0.3) is 0 Å². The highest BCUT2D eigenvalue weighted by atomic mass is 16.5. The Morgan fingerprint density at radius 1 is 1.35 bits per heavy atom. The van der Waals surface area contributed by atoms with Gasteiger partial charge >= 0.3 is 0 Å². The van der Waals surface area contributed by atoms with E-state index in [-0.39, 0.29) is 0 Å². The normalized spacial score (nSPS) is 29.0. The summed E-state index contributed by atoms with van der Waals surface area (Å²) in [6, 6.07) is 6.80. The minimum atomic E-state index is -0.637. The van der Waals surface area contributed by atoms with E-state index in [1.54, 1.807) is 0 Å². The van der Waals surface area contributed by atoms with Crippen molar-refractivity contribution in [3.63, 3.8) is 0 Å². The maximum atomic E-state index is 10.9. The summed E-state index contributed by atoms with van der Waals surface area (Å²) in [6.07, 6.45) is 5.97. The van der Waals surface area contributed by atoms with Crippen LogP contribution in [0.5, 0.6) is 5.75 Å². The number of ether oxygens (including phenoxy) is 1. The van der Waals surface area contributed by atoms with Crippen LogP contribution in [0.25, 0.3) is 0 Å². The van der Waals surface area contributed by atoms with Crippen LogP contribution in [-0.2, 0) is 12.0 Å². The van der Waals surface area contributed by atoms with Crippen LogP contribution >= 0.6 is 0 Å². The molecule has 1 fully saturated rings. The highest BCUT2D eigenvalue weighted by molar-refractivity contribution is 5.41. The molecule has 0 bridgehead atoms. The Morgan fingerprint density at radius 2 is 2.15 bits per heavy atom. The molecule has 0 aromatic heterocycles. The van der Waals surface area contributed by atoms with Gasteiger partial charge in [-0.3, -0.25) is 0 Å². The molecule has 1 aliphatic heterocycles. The molecule has 0 unspecified atom stereocenters. The quantitative estimate of drug-likeness (QED) is 0.888. The molecule has 0 amide bonds. The van der Waals surface area contributed by atoms with Crippen molar-refractivity contribution >= 4 is 0 Å². The minimum Gasteiger partial charge on any atom is -0.493 e. The molecule has 1 aromatic rings. The fourth-order valence-corrected chi connectivity index (χ4v) is 3.41. The first-order chi connectivity index (χ1) is 9.71. The Kier molecular flexibility index (Phi) is 3.99. The van der Waals surface area contributed by atoms with E-state index >= 15 is 0 Å². The first kappa shape index (κ1) is 13.9. The van der Waals surface area contributed by atoms with Crippen LogP contribution < -0.4 is 10.1 Å². The van der Waals surface area contributed by atoms with E-state index in [9.17, 15) is 5.11 Å². The summed E-state index contributed by atoms with van der Waals surface area (Å²) < 4.78 is 5.54. The van der Waals surface area contributed by atoms with Crippen molar-refractivity contribution in [2.45, 2.75) is 57.1 Å². The molecule has 3 heteroatoms. The van der Waals surface area contributed by atoms with Gasteiger partial charge in [0.05, 0.1) is 12.2 Å². The third kappa shape index (κ3) is 2.70. The Morgan fingerprint density at radius 3 is 2.90 bits per heavy atom. The summed E-state index contributed by atoms with van der Waals surface area (Å²) in [5.41, 5.74) is 1.69. The van der Waals surface area contributed by atoms with Gasteiger partial charge in [0.15, 0.2) is 0 Å². The monoisotopic (exact) mass is 275 g/mol. The number of benzene rings is 1. The largest absolute Gasteiger partial charge is 0.493 e. The van der Waals surface area contributed by atoms with Crippen LogP contribution in [0.4, 0.5) is 0 Å². The Bertz CT molecular complexity index is 464. The molecule has 2 aliphatic rings. The second-order valence-corrected chi connectivity index (χ2v) is 6.18. The average molecular weight is 275 g/mol. The molecule has 0 saturated heterocycles. The van der Waals surface area contributed by atoms with Gasteiger partial charge < -0.3 is 15.2 Å². The maximum absolute atomic E-state index is 10.9. The maximum Gasteiger partial charge on any atom is 0.122 e. The molecule has 1 saturated carbocycles. The van der Waals surface area contributed by atoms with E-state index in [1.807, 2.05) is 12.1 Å². The Labute approximate surface area is 121 Å². The third-order valence-corrected chi connectivity index (χ3v) is 4.72. The smallest absolute Gasteiger partial charge is 0.122 e. The SMILES string of the molecule is CCCNC1CCC(O)(c2ccc3c(c2)CCO3)CC1. The van der Waals surface area contributed by atoms with Crippen LogP contribution in [0.1, 0.15) is 50.2 Å². The lowest BCUT2D eigenvalue weighted by atomic mass is 9.77. The highest BCUT2D eigenvalue weighted by Gasteiger charge is 2.35. The van der Waals surface area contributed by atoms with Crippen LogP contribution in [-0.4, -0.2) is 24.3 Å². The molecule has 0 radical (unpaired) electrons. The van der Waals surface area contributed by atoms with Crippen LogP contribution in [0.2, 0.25) is 0 Å². The van der Waals surface area contributed by atoms with Gasteiger partial charge in [0.1, 0.15) is 5.75 Å². The summed E-state index contributed by atoms with van der Waals surface area (Å²) in [4.78, 5) is 0. The standard InChI is InChI=1S/C17H25NO2/c1-2-10-18-15-5-8-17(19,9-6-15)14-3-4-16-13(12-14)7-11-20-16/h3-4,12,15,18-19H,2,5-11H2,1H3. The van der Waals surface area contributed by atoms with Gasteiger partial charge in [-0.2, -0.15) is 0 Å². The number of hydrogen-bond donors (Lipinski definition) is 2. The van der Waals surface area contributed by atoms with Crippen LogP contribution in [0.15, 0.2) is 18.2 Å². The van der Waals surface area contributed by atoms with Crippen molar-refractivity contribution in [1.29, 1.82) is 0 Å². The summed E-state index contributed by atoms with van der Waals surface area (Å²) in [6.45, 7) is 4.05. The molecule has 1 aliphatic carbocycles. The van der Waals surface area contributed by atoms with Gasteiger partial charge in [0, 0.05) is 12.5 Å². The van der Waals surface area contributed by atoms with Gasteiger partial charge in [-0.25, -0.2) is 0 Å². The Hall–Kier alpha value is -1.06. The van der Waals surface area contributed by atoms with E-state index in [0.717, 1.165) is 56.6 Å². The third-order valence-electron chi connectivity index (χ3n) is 4.72. The summed E-state index contributed by atoms with van der Waals surface area (Å²) in [5, 5.41) is 14.5. The summed E-state index contributed by atoms with van der Waals surface area (Å²) >= 11 is 0. The van der Waals surface area contributed by atoms with E-state index in [2.05, 4.69) is 18.3 Å². The van der Waals surface area contributed by atoms with Crippen molar-refractivity contribution in [2.24, 2.45) is 0 Å². The lowest BCUT2D eigenvalue weighted by Gasteiger charge is -2.37. The lowest BCUT2D eigenvalue weighted by Crippen LogP contribution is -2.40. The van der Waals surface area contributed by atoms with Crippen molar-refractivity contribution in [3.8, 4) is 5.75 Å². The predicted octanol–water partition coefficient (Wildman–Crippen LogP) is 2.75. The summed E-state index contributed by atoms with van der Waals surface area (Å²) in [7, 11) is 0. The van der Waals surface area contributed by atoms with Gasteiger partial charge in [0.2, 0.25) is 0 Å². The molecule has 1 heterocycles. The number of fused-ring (bicyclic) bond motifs is 1. The van der Waals surface area contributed by atoms with Crippen molar-refractivity contribution < 1.29 is 9.84 Å². The van der Waals surface area contributed by atoms with Crippen molar-refractivity contribution in [1.82, 2.24) is 5.32 Å². The highest BCUT2D eigenvalue weighted by Crippen LogP contribution is 2.39. The molecular formula is C17H25NO2. The predicted molar refractivity (Wildman–Crippen MR) is 80.1 cm³/mol. The second kappa shape index (κ2) is 5.74. The van der Waals surface area contributed by atoms with E-state index in [4.69, 9.17) is 4.74 Å². The van der Waals surface area contributed by atoms with Crippen LogP contribution in [0.3, 0.4) is 0 Å². The van der Waals surface area contributed by atoms with E-state index < -0.39 is 5.60 Å². The molecule has 20 heavy (non-hydrogen) atoms. The molecule has 3 nitrogen and oxygen atoms in total. The number of hydrogen-bond acceptors (Lipinski definition) is 3. The second-order valence-electron chi connectivity index (χ2n) is 6.18. The van der Waals surface area contributed by atoms with Crippen molar-refractivity contribution in [2.75, 3.05) is 13.2 Å². The van der Waals surface area contributed by atoms with E-state index in [1.165, 1.54) is 12.0 Å². The average Bonchev–Trinajstić information content (AvgIpc) is 2.94. The van der Waals surface area contributed by atoms with Gasteiger partial charge in [-0.05, 0) is 61.9 Å². The fourth-order valence-electron chi connectivity index (χ4n) is 3.41. The van der Waals surface area contributed by atoms with Gasteiger partial charge in [-0.1, -0.05) is 13.0 Å². The number of nitrogens with one attached hydrogen (secondary N) is 1. The topological polar surface area (TPSA) is 41.5 Å². The Balaban J connectivity index is 1.68. The summed E-state index contributed by atoms with van der Waals surface area (Å²) in [5.74, 6) is 0.996. The molecule has 110 valence electrons. The first-order valence-corrected chi connectivity index (χ1v) is 7.93. The van der Waals surface area contributed by atoms with Crippen LogP contribution in [0, 0.1) is 0 Å².